The molecule has 0 spiro atoms. The number of fused-ring (bicyclic) bond motifs is 1. The van der Waals surface area contributed by atoms with E-state index in [1.807, 2.05) is 6.07 Å². The van der Waals surface area contributed by atoms with Crippen LogP contribution in [0.2, 0.25) is 0 Å². The Morgan fingerprint density at radius 3 is 2.12 bits per heavy atom. The first-order chi connectivity index (χ1) is 15.8. The van der Waals surface area contributed by atoms with Gasteiger partial charge in [0.2, 0.25) is 0 Å². The molecule has 3 aromatic rings. The highest BCUT2D eigenvalue weighted by molar-refractivity contribution is 6.34. The number of benzene rings is 2. The number of amides is 2. The maximum atomic E-state index is 13.1. The summed E-state index contributed by atoms with van der Waals surface area (Å²) in [5.74, 6) is -2.42. The summed E-state index contributed by atoms with van der Waals surface area (Å²) >= 11 is 0. The van der Waals surface area contributed by atoms with Gasteiger partial charge in [0.05, 0.1) is 47.8 Å². The maximum Gasteiger partial charge on any atom is 0.357 e. The molecule has 2 amide bonds. The summed E-state index contributed by atoms with van der Waals surface area (Å²) in [6.45, 7) is 0. The zero-order chi connectivity index (χ0) is 23.9. The molecule has 1 aromatic heterocycles. The van der Waals surface area contributed by atoms with Crippen LogP contribution >= 0.6 is 0 Å². The van der Waals surface area contributed by atoms with Crippen molar-refractivity contribution < 1.29 is 28.7 Å². The predicted octanol–water partition coefficient (Wildman–Crippen LogP) is 2.30. The first-order valence-electron chi connectivity index (χ1n) is 9.53. The van der Waals surface area contributed by atoms with Gasteiger partial charge >= 0.3 is 11.9 Å². The van der Waals surface area contributed by atoms with Gasteiger partial charge in [0, 0.05) is 11.9 Å². The zero-order valence-electron chi connectivity index (χ0n) is 17.5. The maximum absolute atomic E-state index is 13.1. The number of methoxy groups -OCH3 is 2. The molecule has 0 saturated carbocycles. The number of nitrogen functional groups attached to an aromatic ring is 1. The van der Waals surface area contributed by atoms with Gasteiger partial charge in [-0.3, -0.25) is 9.59 Å². The second-order valence-corrected chi connectivity index (χ2v) is 6.99. The summed E-state index contributed by atoms with van der Waals surface area (Å²) in [6.07, 6.45) is 1.36. The number of carbonyl (C=O) groups excluding carboxylic acids is 4. The molecule has 0 fully saturated rings. The molecule has 2 N–H and O–H groups in total. The van der Waals surface area contributed by atoms with E-state index in [2.05, 4.69) is 4.74 Å². The van der Waals surface area contributed by atoms with Crippen LogP contribution in [0.5, 0.6) is 0 Å². The van der Waals surface area contributed by atoms with E-state index in [0.717, 1.165) is 4.90 Å². The zero-order valence-corrected chi connectivity index (χ0v) is 17.5. The number of nitrogens with zero attached hydrogens (tertiary/aromatic N) is 3. The van der Waals surface area contributed by atoms with E-state index in [9.17, 15) is 24.4 Å². The Morgan fingerprint density at radius 2 is 1.52 bits per heavy atom. The molecule has 10 nitrogen and oxygen atoms in total. The summed E-state index contributed by atoms with van der Waals surface area (Å²) in [4.78, 5) is 50.9. The monoisotopic (exact) mass is 444 g/mol. The molecule has 1 aliphatic heterocycles. The van der Waals surface area contributed by atoms with Crippen molar-refractivity contribution in [2.45, 2.75) is 0 Å². The number of hydrogen-bond donors (Lipinski definition) is 1. The van der Waals surface area contributed by atoms with Gasteiger partial charge in [-0.25, -0.2) is 14.5 Å². The predicted molar refractivity (Wildman–Crippen MR) is 115 cm³/mol. The molecular formula is C23H16N4O6. The van der Waals surface area contributed by atoms with Gasteiger partial charge in [0.15, 0.2) is 5.69 Å². The third-order valence-corrected chi connectivity index (χ3v) is 5.24. The fourth-order valence-corrected chi connectivity index (χ4v) is 3.60. The molecule has 0 bridgehead atoms. The van der Waals surface area contributed by atoms with E-state index in [-0.39, 0.29) is 39.3 Å². The van der Waals surface area contributed by atoms with Crippen molar-refractivity contribution in [3.63, 3.8) is 0 Å². The Balaban J connectivity index is 1.76. The van der Waals surface area contributed by atoms with E-state index in [0.29, 0.717) is 5.69 Å². The Labute approximate surface area is 187 Å². The number of esters is 2. The van der Waals surface area contributed by atoms with Crippen LogP contribution in [0, 0.1) is 11.3 Å². The molecule has 2 aromatic carbocycles. The van der Waals surface area contributed by atoms with Gasteiger partial charge in [-0.05, 0) is 42.5 Å². The number of nitrogens with two attached hydrogens (primary N) is 1. The number of ether oxygens (including phenoxy) is 2. The minimum Gasteiger partial charge on any atom is -0.465 e. The second kappa shape index (κ2) is 7.97. The van der Waals surface area contributed by atoms with Crippen molar-refractivity contribution in [3.8, 4) is 11.8 Å². The Morgan fingerprint density at radius 1 is 0.909 bits per heavy atom. The Kier molecular flexibility index (Phi) is 5.15. The highest BCUT2D eigenvalue weighted by Crippen LogP contribution is 2.32. The van der Waals surface area contributed by atoms with E-state index in [1.165, 1.54) is 67.4 Å². The Bertz CT molecular complexity index is 1380. The van der Waals surface area contributed by atoms with Crippen LogP contribution in [-0.4, -0.2) is 42.5 Å². The fraction of sp³-hybridized carbons (Fsp3) is 0.0870. The number of anilines is 2. The third-order valence-electron chi connectivity index (χ3n) is 5.24. The van der Waals surface area contributed by atoms with E-state index >= 15 is 0 Å². The van der Waals surface area contributed by atoms with Crippen molar-refractivity contribution in [1.82, 2.24) is 4.57 Å². The first-order valence-corrected chi connectivity index (χ1v) is 9.53. The average molecular weight is 444 g/mol. The van der Waals surface area contributed by atoms with Gasteiger partial charge < -0.3 is 19.8 Å². The van der Waals surface area contributed by atoms with Crippen molar-refractivity contribution in [2.75, 3.05) is 24.9 Å². The minimum atomic E-state index is -0.760. The molecule has 2 heterocycles. The largest absolute Gasteiger partial charge is 0.465 e. The SMILES string of the molecule is COC(=O)c1ccc(N2C(=O)c3ccc(-n4cc(C#N)c(N)c4C(=O)OC)cc3C2=O)cc1. The molecule has 0 aliphatic carbocycles. The number of carbonyl (C=O) groups is 4. The van der Waals surface area contributed by atoms with Crippen LogP contribution in [0.1, 0.15) is 47.1 Å². The van der Waals surface area contributed by atoms with E-state index in [1.54, 1.807) is 0 Å². The van der Waals surface area contributed by atoms with Crippen molar-refractivity contribution in [1.29, 1.82) is 5.26 Å². The number of rotatable bonds is 4. The Hall–Kier alpha value is -4.91. The number of nitriles is 1. The summed E-state index contributed by atoms with van der Waals surface area (Å²) in [7, 11) is 2.43. The normalized spacial score (nSPS) is 12.3. The lowest BCUT2D eigenvalue weighted by Crippen LogP contribution is -2.29. The minimum absolute atomic E-state index is 0.0560. The van der Waals surface area contributed by atoms with Gasteiger partial charge in [0.1, 0.15) is 6.07 Å². The molecule has 164 valence electrons. The number of aromatic nitrogens is 1. The van der Waals surface area contributed by atoms with Crippen molar-refractivity contribution in [3.05, 3.63) is 76.6 Å². The van der Waals surface area contributed by atoms with Crippen molar-refractivity contribution in [2.24, 2.45) is 0 Å². The summed E-state index contributed by atoms with van der Waals surface area (Å²) in [5, 5.41) is 9.29. The van der Waals surface area contributed by atoms with Crippen LogP contribution < -0.4 is 10.6 Å². The summed E-state index contributed by atoms with van der Waals surface area (Å²) in [6, 6.07) is 12.2. The van der Waals surface area contributed by atoms with Crippen LogP contribution in [0.15, 0.2) is 48.7 Å². The third kappa shape index (κ3) is 3.28. The summed E-state index contributed by atoms with van der Waals surface area (Å²) < 4.78 is 10.8. The van der Waals surface area contributed by atoms with Crippen molar-refractivity contribution >= 4 is 35.1 Å². The van der Waals surface area contributed by atoms with Crippen LogP contribution in [0.3, 0.4) is 0 Å². The quantitative estimate of drug-likeness (QED) is 0.477. The lowest BCUT2D eigenvalue weighted by Gasteiger charge is -2.14. The highest BCUT2D eigenvalue weighted by Gasteiger charge is 2.37. The smallest absolute Gasteiger partial charge is 0.357 e. The highest BCUT2D eigenvalue weighted by atomic mass is 16.5. The standard InChI is InChI=1S/C23H16N4O6/c1-32-22(30)12-3-5-14(6-4-12)27-20(28)16-8-7-15(9-17(16)21(27)29)26-11-13(10-24)18(25)19(26)23(31)33-2/h3-9,11H,25H2,1-2H3. The van der Waals surface area contributed by atoms with Gasteiger partial charge in [-0.15, -0.1) is 0 Å². The van der Waals surface area contributed by atoms with Gasteiger partial charge in [0.25, 0.3) is 11.8 Å². The first kappa shape index (κ1) is 21.3. The molecule has 0 atom stereocenters. The molecule has 33 heavy (non-hydrogen) atoms. The van der Waals surface area contributed by atoms with Crippen LogP contribution in [-0.2, 0) is 9.47 Å². The summed E-state index contributed by atoms with van der Waals surface area (Å²) in [5.41, 5.74) is 7.03. The second-order valence-electron chi connectivity index (χ2n) is 6.99. The molecule has 0 saturated heterocycles. The van der Waals surface area contributed by atoms with Gasteiger partial charge in [-0.1, -0.05) is 0 Å². The average Bonchev–Trinajstić information content (AvgIpc) is 3.31. The molecule has 4 rings (SSSR count). The van der Waals surface area contributed by atoms with Crippen LogP contribution in [0.4, 0.5) is 11.4 Å². The van der Waals surface area contributed by atoms with E-state index in [4.69, 9.17) is 10.5 Å². The fourth-order valence-electron chi connectivity index (χ4n) is 3.60. The topological polar surface area (TPSA) is 145 Å². The van der Waals surface area contributed by atoms with E-state index < -0.39 is 23.8 Å². The number of hydrogen-bond acceptors (Lipinski definition) is 8. The lowest BCUT2D eigenvalue weighted by atomic mass is 10.1. The van der Waals surface area contributed by atoms with Gasteiger partial charge in [-0.2, -0.15) is 5.26 Å². The number of imide groups is 1. The molecule has 10 heteroatoms. The molecule has 0 radical (unpaired) electrons. The molecule has 1 aliphatic rings. The molecular weight excluding hydrogens is 428 g/mol. The lowest BCUT2D eigenvalue weighted by molar-refractivity contribution is 0.0587. The molecule has 0 unspecified atom stereocenters. The van der Waals surface area contributed by atoms with Crippen LogP contribution in [0.25, 0.3) is 5.69 Å².